The molecule has 17 heavy (non-hydrogen) atoms. The van der Waals surface area contributed by atoms with Gasteiger partial charge in [-0.05, 0) is 61.9 Å². The van der Waals surface area contributed by atoms with E-state index in [0.29, 0.717) is 7.92 Å². The highest BCUT2D eigenvalue weighted by atomic mass is 31.1. The summed E-state index contributed by atoms with van der Waals surface area (Å²) in [7, 11) is 0.299. The van der Waals surface area contributed by atoms with Crippen LogP contribution in [0.3, 0.4) is 0 Å². The van der Waals surface area contributed by atoms with Crippen LogP contribution in [0.15, 0.2) is 0 Å². The highest BCUT2D eigenvalue weighted by Crippen LogP contribution is 2.49. The van der Waals surface area contributed by atoms with Crippen LogP contribution in [0.2, 0.25) is 0 Å². The second-order valence-electron chi connectivity index (χ2n) is 6.48. The van der Waals surface area contributed by atoms with Gasteiger partial charge in [0.05, 0.1) is 0 Å². The van der Waals surface area contributed by atoms with Crippen molar-refractivity contribution in [3.63, 3.8) is 0 Å². The summed E-state index contributed by atoms with van der Waals surface area (Å²) >= 11 is 0. The molecule has 1 aliphatic rings. The van der Waals surface area contributed by atoms with E-state index in [-0.39, 0.29) is 0 Å². The third-order valence-electron chi connectivity index (χ3n) is 4.79. The number of hydrogen-bond acceptors (Lipinski definition) is 0. The van der Waals surface area contributed by atoms with Crippen LogP contribution < -0.4 is 0 Å². The summed E-state index contributed by atoms with van der Waals surface area (Å²) in [6.07, 6.45) is 10.4. The quantitative estimate of drug-likeness (QED) is 0.485. The molecule has 0 aromatic heterocycles. The molecule has 0 N–H and O–H groups in total. The zero-order chi connectivity index (χ0) is 12.8. The van der Waals surface area contributed by atoms with Crippen molar-refractivity contribution in [3.8, 4) is 0 Å². The first-order valence-electron chi connectivity index (χ1n) is 7.78. The SMILES string of the molecule is CCC1CCC1CP(C)C(CC)CCC(C)C. The van der Waals surface area contributed by atoms with E-state index in [1.165, 1.54) is 38.5 Å². The maximum Gasteiger partial charge on any atom is -0.0214 e. The van der Waals surface area contributed by atoms with Gasteiger partial charge in [0, 0.05) is 0 Å². The molecule has 0 saturated heterocycles. The van der Waals surface area contributed by atoms with Gasteiger partial charge in [0.2, 0.25) is 0 Å². The molecule has 0 aliphatic heterocycles. The van der Waals surface area contributed by atoms with Crippen LogP contribution in [-0.2, 0) is 0 Å². The van der Waals surface area contributed by atoms with Crippen LogP contribution in [0.4, 0.5) is 0 Å². The lowest BCUT2D eigenvalue weighted by Crippen LogP contribution is -2.28. The van der Waals surface area contributed by atoms with E-state index in [9.17, 15) is 0 Å². The van der Waals surface area contributed by atoms with Gasteiger partial charge >= 0.3 is 0 Å². The topological polar surface area (TPSA) is 0 Å². The maximum atomic E-state index is 2.58. The standard InChI is InChI=1S/C16H33P/c1-6-14-9-10-15(14)12-17(5)16(7-2)11-8-13(3)4/h13-16H,6-12H2,1-5H3. The molecule has 1 rings (SSSR count). The lowest BCUT2D eigenvalue weighted by molar-refractivity contribution is 0.194. The van der Waals surface area contributed by atoms with Crippen LogP contribution in [0.25, 0.3) is 0 Å². The molecule has 1 fully saturated rings. The molecule has 0 amide bonds. The summed E-state index contributed by atoms with van der Waals surface area (Å²) in [6.45, 7) is 12.1. The minimum atomic E-state index is 0.299. The van der Waals surface area contributed by atoms with Crippen LogP contribution in [0.5, 0.6) is 0 Å². The zero-order valence-corrected chi connectivity index (χ0v) is 13.6. The first-order chi connectivity index (χ1) is 8.08. The van der Waals surface area contributed by atoms with Crippen molar-refractivity contribution in [2.24, 2.45) is 17.8 Å². The van der Waals surface area contributed by atoms with E-state index < -0.39 is 0 Å². The number of rotatable bonds is 8. The molecule has 0 radical (unpaired) electrons. The van der Waals surface area contributed by atoms with Gasteiger partial charge in [-0.2, -0.15) is 0 Å². The van der Waals surface area contributed by atoms with Gasteiger partial charge in [-0.25, -0.2) is 0 Å². The van der Waals surface area contributed by atoms with Gasteiger partial charge in [0.1, 0.15) is 0 Å². The van der Waals surface area contributed by atoms with E-state index >= 15 is 0 Å². The lowest BCUT2D eigenvalue weighted by atomic mass is 9.73. The zero-order valence-electron chi connectivity index (χ0n) is 12.7. The van der Waals surface area contributed by atoms with E-state index in [1.807, 2.05) is 0 Å². The smallest absolute Gasteiger partial charge is 0.0214 e. The summed E-state index contributed by atoms with van der Waals surface area (Å²) in [4.78, 5) is 0. The first-order valence-corrected chi connectivity index (χ1v) is 9.82. The summed E-state index contributed by atoms with van der Waals surface area (Å²) in [6, 6.07) is 0. The molecule has 1 heteroatoms. The van der Waals surface area contributed by atoms with E-state index in [1.54, 1.807) is 6.16 Å². The van der Waals surface area contributed by atoms with Gasteiger partial charge in [-0.1, -0.05) is 40.5 Å². The third kappa shape index (κ3) is 4.90. The van der Waals surface area contributed by atoms with Crippen LogP contribution >= 0.6 is 7.92 Å². The molecular weight excluding hydrogens is 223 g/mol. The summed E-state index contributed by atoms with van der Waals surface area (Å²) in [5, 5.41) is 0. The molecule has 4 unspecified atom stereocenters. The minimum Gasteiger partial charge on any atom is -0.106 e. The first kappa shape index (κ1) is 15.5. The molecular formula is C16H33P. The average molecular weight is 256 g/mol. The predicted molar refractivity (Wildman–Crippen MR) is 82.4 cm³/mol. The van der Waals surface area contributed by atoms with Crippen molar-refractivity contribution in [2.75, 3.05) is 12.8 Å². The molecule has 0 spiro atoms. The fraction of sp³-hybridized carbons (Fsp3) is 1.00. The Morgan fingerprint density at radius 2 is 1.71 bits per heavy atom. The Morgan fingerprint density at radius 1 is 1.06 bits per heavy atom. The Bertz CT molecular complexity index is 198. The molecule has 102 valence electrons. The summed E-state index contributed by atoms with van der Waals surface area (Å²) in [5.74, 6) is 3.08. The molecule has 0 bridgehead atoms. The summed E-state index contributed by atoms with van der Waals surface area (Å²) < 4.78 is 0. The van der Waals surface area contributed by atoms with E-state index in [0.717, 1.165) is 23.4 Å². The Kier molecular flexibility index (Phi) is 7.08. The Balaban J connectivity index is 2.30. The Hall–Kier alpha value is 0.430. The highest BCUT2D eigenvalue weighted by Gasteiger charge is 2.31. The van der Waals surface area contributed by atoms with Gasteiger partial charge in [0.15, 0.2) is 0 Å². The fourth-order valence-corrected chi connectivity index (χ4v) is 5.93. The van der Waals surface area contributed by atoms with Crippen LogP contribution in [0, 0.1) is 17.8 Å². The van der Waals surface area contributed by atoms with Gasteiger partial charge < -0.3 is 0 Å². The number of hydrogen-bond donors (Lipinski definition) is 0. The van der Waals surface area contributed by atoms with Crippen LogP contribution in [0.1, 0.15) is 66.2 Å². The molecule has 1 aliphatic carbocycles. The molecule has 0 heterocycles. The molecule has 0 aromatic rings. The molecule has 0 nitrogen and oxygen atoms in total. The van der Waals surface area contributed by atoms with Crippen molar-refractivity contribution in [2.45, 2.75) is 71.9 Å². The van der Waals surface area contributed by atoms with E-state index in [2.05, 4.69) is 34.4 Å². The van der Waals surface area contributed by atoms with Gasteiger partial charge in [-0.15, -0.1) is 7.92 Å². The lowest BCUT2D eigenvalue weighted by Gasteiger charge is -2.39. The minimum absolute atomic E-state index is 0.299. The third-order valence-corrected chi connectivity index (χ3v) is 7.71. The van der Waals surface area contributed by atoms with Crippen molar-refractivity contribution in [1.29, 1.82) is 0 Å². The maximum absolute atomic E-state index is 2.58. The molecule has 1 saturated carbocycles. The fourth-order valence-electron chi connectivity index (χ4n) is 3.20. The molecule has 0 aromatic carbocycles. The Morgan fingerprint density at radius 3 is 2.12 bits per heavy atom. The van der Waals surface area contributed by atoms with Crippen molar-refractivity contribution in [1.82, 2.24) is 0 Å². The van der Waals surface area contributed by atoms with Crippen LogP contribution in [-0.4, -0.2) is 18.5 Å². The normalized spacial score (nSPS) is 27.9. The highest BCUT2D eigenvalue weighted by molar-refractivity contribution is 7.57. The van der Waals surface area contributed by atoms with Crippen molar-refractivity contribution < 1.29 is 0 Å². The van der Waals surface area contributed by atoms with E-state index in [4.69, 9.17) is 0 Å². The Labute approximate surface area is 111 Å². The molecule has 4 atom stereocenters. The van der Waals surface area contributed by atoms with Gasteiger partial charge in [0.25, 0.3) is 0 Å². The summed E-state index contributed by atoms with van der Waals surface area (Å²) in [5.41, 5.74) is 1.05. The van der Waals surface area contributed by atoms with Gasteiger partial charge in [-0.3, -0.25) is 0 Å². The predicted octanol–water partition coefficient (Wildman–Crippen LogP) is 5.75. The second-order valence-corrected chi connectivity index (χ2v) is 9.09. The monoisotopic (exact) mass is 256 g/mol. The average Bonchev–Trinajstić information content (AvgIpc) is 2.25. The van der Waals surface area contributed by atoms with Crippen molar-refractivity contribution in [3.05, 3.63) is 0 Å². The van der Waals surface area contributed by atoms with Crippen molar-refractivity contribution >= 4 is 7.92 Å². The second kappa shape index (κ2) is 7.78. The largest absolute Gasteiger partial charge is 0.106 e.